The van der Waals surface area contributed by atoms with E-state index in [9.17, 15) is 0 Å². The summed E-state index contributed by atoms with van der Waals surface area (Å²) in [5, 5.41) is 3.68. The van der Waals surface area contributed by atoms with Crippen LogP contribution < -0.4 is 5.32 Å². The quantitative estimate of drug-likeness (QED) is 0.756. The van der Waals surface area contributed by atoms with Crippen molar-refractivity contribution in [3.8, 4) is 0 Å². The van der Waals surface area contributed by atoms with Crippen molar-refractivity contribution in [2.45, 2.75) is 58.0 Å². The molecule has 0 aromatic rings. The Morgan fingerprint density at radius 3 is 2.61 bits per heavy atom. The van der Waals surface area contributed by atoms with Gasteiger partial charge in [0.05, 0.1) is 12.6 Å². The van der Waals surface area contributed by atoms with Gasteiger partial charge in [0.25, 0.3) is 0 Å². The molecule has 0 saturated heterocycles. The number of hydrogen-bond donors (Lipinski definition) is 1. The molecule has 0 aromatic carbocycles. The molecule has 0 amide bonds. The minimum Gasteiger partial charge on any atom is -0.497 e. The van der Waals surface area contributed by atoms with E-state index in [0.717, 1.165) is 44.6 Å². The van der Waals surface area contributed by atoms with Crippen molar-refractivity contribution in [1.29, 1.82) is 0 Å². The number of nitrogens with zero attached hydrogens (tertiary/aromatic N) is 1. The summed E-state index contributed by atoms with van der Waals surface area (Å²) in [6, 6.07) is 0.290. The van der Waals surface area contributed by atoms with Gasteiger partial charge in [-0.1, -0.05) is 13.8 Å². The second-order valence-corrected chi connectivity index (χ2v) is 5.59. The minimum absolute atomic E-state index is 0.0956. The summed E-state index contributed by atoms with van der Waals surface area (Å²) in [4.78, 5) is 2.32. The Hall–Kier alpha value is -0.540. The molecule has 106 valence electrons. The molecule has 0 saturated carbocycles. The lowest BCUT2D eigenvalue weighted by molar-refractivity contribution is 0.0767. The molecule has 1 N–H and O–H groups in total. The summed E-state index contributed by atoms with van der Waals surface area (Å²) in [6.45, 7) is 8.68. The molecule has 0 spiro atoms. The van der Waals surface area contributed by atoms with Crippen LogP contribution in [0.3, 0.4) is 0 Å². The molecule has 2 atom stereocenters. The van der Waals surface area contributed by atoms with E-state index in [1.165, 1.54) is 0 Å². The Bertz CT molecular complexity index is 276. The normalized spacial score (nSPS) is 21.1. The highest BCUT2D eigenvalue weighted by Gasteiger charge is 2.38. The first-order valence-electron chi connectivity index (χ1n) is 7.30. The van der Waals surface area contributed by atoms with Crippen LogP contribution in [-0.4, -0.2) is 43.7 Å². The van der Waals surface area contributed by atoms with E-state index in [-0.39, 0.29) is 11.6 Å². The van der Waals surface area contributed by atoms with Crippen LogP contribution in [0, 0.1) is 0 Å². The zero-order valence-electron chi connectivity index (χ0n) is 12.8. The van der Waals surface area contributed by atoms with Crippen molar-refractivity contribution in [2.75, 3.05) is 27.2 Å². The molecule has 1 aliphatic heterocycles. The molecule has 1 heterocycles. The van der Waals surface area contributed by atoms with Gasteiger partial charge in [-0.25, -0.2) is 0 Å². The van der Waals surface area contributed by atoms with E-state index in [1.54, 1.807) is 0 Å². The zero-order chi connectivity index (χ0) is 13.6. The van der Waals surface area contributed by atoms with Crippen molar-refractivity contribution >= 4 is 0 Å². The van der Waals surface area contributed by atoms with Crippen LogP contribution in [0.1, 0.15) is 46.5 Å². The summed E-state index contributed by atoms with van der Waals surface area (Å²) in [5.41, 5.74) is 0.0956. The van der Waals surface area contributed by atoms with Crippen LogP contribution in [0.15, 0.2) is 11.8 Å². The van der Waals surface area contributed by atoms with E-state index in [2.05, 4.69) is 51.2 Å². The van der Waals surface area contributed by atoms with Gasteiger partial charge in [0, 0.05) is 5.54 Å². The maximum absolute atomic E-state index is 5.91. The van der Waals surface area contributed by atoms with Gasteiger partial charge in [0.2, 0.25) is 0 Å². The van der Waals surface area contributed by atoms with Crippen LogP contribution in [0.4, 0.5) is 0 Å². The average molecular weight is 254 g/mol. The summed E-state index contributed by atoms with van der Waals surface area (Å²) in [7, 11) is 4.32. The summed E-state index contributed by atoms with van der Waals surface area (Å²) >= 11 is 0. The molecule has 0 aromatic heterocycles. The highest BCUT2D eigenvalue weighted by molar-refractivity contribution is 5.14. The first-order chi connectivity index (χ1) is 8.56. The molecule has 0 aliphatic carbocycles. The van der Waals surface area contributed by atoms with Crippen molar-refractivity contribution in [3.63, 3.8) is 0 Å². The van der Waals surface area contributed by atoms with Gasteiger partial charge in [0.15, 0.2) is 0 Å². The third-order valence-electron chi connectivity index (χ3n) is 4.21. The number of ether oxygens (including phenoxy) is 1. The topological polar surface area (TPSA) is 24.5 Å². The SMILES string of the molecule is CCCNC(C1=CCCCO1)C(C)(CC)N(C)C. The highest BCUT2D eigenvalue weighted by atomic mass is 16.5. The summed E-state index contributed by atoms with van der Waals surface area (Å²) in [5.74, 6) is 1.15. The van der Waals surface area contributed by atoms with Crippen molar-refractivity contribution < 1.29 is 4.74 Å². The van der Waals surface area contributed by atoms with Crippen LogP contribution in [0.25, 0.3) is 0 Å². The predicted octanol–water partition coefficient (Wildman–Crippen LogP) is 2.78. The lowest BCUT2D eigenvalue weighted by Gasteiger charge is -2.44. The molecule has 2 unspecified atom stereocenters. The first-order valence-corrected chi connectivity index (χ1v) is 7.30. The van der Waals surface area contributed by atoms with E-state index < -0.39 is 0 Å². The molecule has 3 nitrogen and oxygen atoms in total. The molecular formula is C15H30N2O. The predicted molar refractivity (Wildman–Crippen MR) is 77.7 cm³/mol. The molecule has 1 aliphatic rings. The number of allylic oxidation sites excluding steroid dienone is 1. The van der Waals surface area contributed by atoms with Crippen LogP contribution >= 0.6 is 0 Å². The molecular weight excluding hydrogens is 224 g/mol. The number of nitrogens with one attached hydrogen (secondary N) is 1. The van der Waals surface area contributed by atoms with Gasteiger partial charge < -0.3 is 15.0 Å². The third kappa shape index (κ3) is 3.48. The second-order valence-electron chi connectivity index (χ2n) is 5.59. The Kier molecular flexibility index (Phi) is 6.16. The highest BCUT2D eigenvalue weighted by Crippen LogP contribution is 2.28. The van der Waals surface area contributed by atoms with Gasteiger partial charge in [-0.3, -0.25) is 0 Å². The van der Waals surface area contributed by atoms with Crippen LogP contribution in [0.5, 0.6) is 0 Å². The largest absolute Gasteiger partial charge is 0.497 e. The molecule has 3 heteroatoms. The zero-order valence-corrected chi connectivity index (χ0v) is 12.8. The van der Waals surface area contributed by atoms with Crippen molar-refractivity contribution in [3.05, 3.63) is 11.8 Å². The Labute approximate surface area is 113 Å². The van der Waals surface area contributed by atoms with Gasteiger partial charge in [-0.05, 0) is 59.3 Å². The van der Waals surface area contributed by atoms with E-state index >= 15 is 0 Å². The van der Waals surface area contributed by atoms with Crippen LogP contribution in [-0.2, 0) is 4.74 Å². The third-order valence-corrected chi connectivity index (χ3v) is 4.21. The van der Waals surface area contributed by atoms with Crippen molar-refractivity contribution in [1.82, 2.24) is 10.2 Å². The molecule has 0 fully saturated rings. The summed E-state index contributed by atoms with van der Waals surface area (Å²) < 4.78 is 5.91. The van der Waals surface area contributed by atoms with E-state index in [0.29, 0.717) is 0 Å². The Balaban J connectivity index is 2.91. The molecule has 0 bridgehead atoms. The number of hydrogen-bond acceptors (Lipinski definition) is 3. The molecule has 18 heavy (non-hydrogen) atoms. The lowest BCUT2D eigenvalue weighted by atomic mass is 9.85. The Morgan fingerprint density at radius 2 is 2.17 bits per heavy atom. The van der Waals surface area contributed by atoms with Crippen LogP contribution in [0.2, 0.25) is 0 Å². The van der Waals surface area contributed by atoms with Crippen molar-refractivity contribution in [2.24, 2.45) is 0 Å². The van der Waals surface area contributed by atoms with Gasteiger partial charge in [-0.15, -0.1) is 0 Å². The molecule has 1 rings (SSSR count). The van der Waals surface area contributed by atoms with Gasteiger partial charge in [0.1, 0.15) is 5.76 Å². The fourth-order valence-corrected chi connectivity index (χ4v) is 2.47. The fraction of sp³-hybridized carbons (Fsp3) is 0.867. The average Bonchev–Trinajstić information content (AvgIpc) is 2.39. The van der Waals surface area contributed by atoms with E-state index in [1.807, 2.05) is 0 Å². The number of likely N-dealkylation sites (N-methyl/N-ethyl adjacent to an activating group) is 1. The Morgan fingerprint density at radius 1 is 1.44 bits per heavy atom. The first kappa shape index (κ1) is 15.5. The van der Waals surface area contributed by atoms with Gasteiger partial charge in [-0.2, -0.15) is 0 Å². The second kappa shape index (κ2) is 7.15. The molecule has 0 radical (unpaired) electrons. The van der Waals surface area contributed by atoms with Gasteiger partial charge >= 0.3 is 0 Å². The standard InChI is InChI=1S/C15H30N2O/c1-6-11-16-14(13-10-8-9-12-18-13)15(3,7-2)17(4)5/h10,14,16H,6-9,11-12H2,1-5H3. The lowest BCUT2D eigenvalue weighted by Crippen LogP contribution is -2.58. The van der Waals surface area contributed by atoms with E-state index in [4.69, 9.17) is 4.74 Å². The summed E-state index contributed by atoms with van der Waals surface area (Å²) in [6.07, 6.45) is 6.81. The smallest absolute Gasteiger partial charge is 0.111 e. The number of rotatable bonds is 7. The maximum Gasteiger partial charge on any atom is 0.111 e. The maximum atomic E-state index is 5.91. The fourth-order valence-electron chi connectivity index (χ4n) is 2.47. The monoisotopic (exact) mass is 254 g/mol. The minimum atomic E-state index is 0.0956.